The number of carbonyl (C=O) groups excluding carboxylic acids is 2. The molecule has 0 saturated carbocycles. The van der Waals surface area contributed by atoms with Gasteiger partial charge in [-0.3, -0.25) is 14.9 Å². The van der Waals surface area contributed by atoms with Crippen LogP contribution >= 0.6 is 0 Å². The number of carbonyl (C=O) groups is 2. The quantitative estimate of drug-likeness (QED) is 0.908. The number of hydrogen-bond acceptors (Lipinski definition) is 3. The zero-order valence-electron chi connectivity index (χ0n) is 12.8. The molecular weight excluding hydrogens is 280 g/mol. The van der Waals surface area contributed by atoms with Gasteiger partial charge in [0.2, 0.25) is 17.8 Å². The summed E-state index contributed by atoms with van der Waals surface area (Å²) in [6.07, 6.45) is 1.35. The van der Waals surface area contributed by atoms with Gasteiger partial charge in [0, 0.05) is 13.0 Å². The number of likely N-dealkylation sites (tertiary alicyclic amines) is 1. The van der Waals surface area contributed by atoms with E-state index >= 15 is 0 Å². The Morgan fingerprint density at radius 3 is 2.77 bits per heavy atom. The lowest BCUT2D eigenvalue weighted by molar-refractivity contribution is -0.136. The molecule has 1 aliphatic rings. The van der Waals surface area contributed by atoms with Gasteiger partial charge >= 0.3 is 0 Å². The number of para-hydroxylation sites is 2. The number of anilines is 1. The van der Waals surface area contributed by atoms with Crippen molar-refractivity contribution in [3.05, 3.63) is 24.3 Å². The lowest BCUT2D eigenvalue weighted by atomic mass is 10.0. The third-order valence-electron chi connectivity index (χ3n) is 3.98. The molecule has 1 aliphatic heterocycles. The number of nitrogens with zero attached hydrogens (tertiary/aromatic N) is 2. The van der Waals surface area contributed by atoms with E-state index in [1.807, 2.05) is 38.1 Å². The first-order valence-electron chi connectivity index (χ1n) is 7.61. The van der Waals surface area contributed by atoms with Crippen LogP contribution in [-0.4, -0.2) is 39.3 Å². The van der Waals surface area contributed by atoms with E-state index in [-0.39, 0.29) is 17.7 Å². The number of nitrogens with one attached hydrogen (secondary N) is 2. The topological polar surface area (TPSA) is 78.1 Å². The Balaban J connectivity index is 1.80. The molecular formula is C16H20N4O2. The van der Waals surface area contributed by atoms with E-state index in [9.17, 15) is 9.59 Å². The Morgan fingerprint density at radius 1 is 1.36 bits per heavy atom. The molecule has 0 aliphatic carbocycles. The van der Waals surface area contributed by atoms with Crippen molar-refractivity contribution in [1.29, 1.82) is 0 Å². The minimum absolute atomic E-state index is 0.0476. The molecule has 6 heteroatoms. The lowest BCUT2D eigenvalue weighted by Gasteiger charge is -2.29. The predicted molar refractivity (Wildman–Crippen MR) is 84.3 cm³/mol. The third-order valence-corrected chi connectivity index (χ3v) is 3.98. The van der Waals surface area contributed by atoms with E-state index in [0.717, 1.165) is 17.5 Å². The molecule has 0 spiro atoms. The summed E-state index contributed by atoms with van der Waals surface area (Å²) in [5.41, 5.74) is 1.67. The molecule has 22 heavy (non-hydrogen) atoms. The van der Waals surface area contributed by atoms with Gasteiger partial charge in [-0.2, -0.15) is 0 Å². The molecule has 2 aromatic rings. The number of aromatic amines is 1. The maximum Gasteiger partial charge on any atom is 0.249 e. The number of H-pyrrole nitrogens is 1. The summed E-state index contributed by atoms with van der Waals surface area (Å²) in [5.74, 6) is 0.331. The predicted octanol–water partition coefficient (Wildman–Crippen LogP) is 2.15. The van der Waals surface area contributed by atoms with Gasteiger partial charge in [-0.15, -0.1) is 0 Å². The van der Waals surface area contributed by atoms with Crippen LogP contribution in [0.4, 0.5) is 5.95 Å². The van der Waals surface area contributed by atoms with E-state index in [1.165, 1.54) is 0 Å². The van der Waals surface area contributed by atoms with Crippen molar-refractivity contribution in [3.63, 3.8) is 0 Å². The number of fused-ring (bicyclic) bond motifs is 1. The van der Waals surface area contributed by atoms with E-state index in [4.69, 9.17) is 0 Å². The minimum Gasteiger partial charge on any atom is -0.330 e. The molecule has 1 aromatic heterocycles. The van der Waals surface area contributed by atoms with Crippen molar-refractivity contribution >= 4 is 28.8 Å². The first-order valence-corrected chi connectivity index (χ1v) is 7.61. The van der Waals surface area contributed by atoms with E-state index in [0.29, 0.717) is 18.9 Å². The summed E-state index contributed by atoms with van der Waals surface area (Å²) >= 11 is 0. The van der Waals surface area contributed by atoms with Crippen molar-refractivity contribution in [1.82, 2.24) is 14.9 Å². The minimum atomic E-state index is -0.455. The van der Waals surface area contributed by atoms with Crippen LogP contribution in [0.2, 0.25) is 0 Å². The highest BCUT2D eigenvalue weighted by atomic mass is 16.2. The fraction of sp³-hybridized carbons (Fsp3) is 0.438. The number of hydrogen-bond donors (Lipinski definition) is 2. The summed E-state index contributed by atoms with van der Waals surface area (Å²) in [6.45, 7) is 4.55. The number of imidazole rings is 1. The summed E-state index contributed by atoms with van der Waals surface area (Å²) < 4.78 is 0. The van der Waals surface area contributed by atoms with Crippen molar-refractivity contribution in [3.8, 4) is 0 Å². The second-order valence-electron chi connectivity index (χ2n) is 5.97. The van der Waals surface area contributed by atoms with E-state index in [1.54, 1.807) is 4.90 Å². The molecule has 6 nitrogen and oxygen atoms in total. The van der Waals surface area contributed by atoms with Crippen molar-refractivity contribution < 1.29 is 9.59 Å². The van der Waals surface area contributed by atoms with Crippen molar-refractivity contribution in [2.24, 2.45) is 5.92 Å². The zero-order chi connectivity index (χ0) is 15.7. The van der Waals surface area contributed by atoms with Gasteiger partial charge in [0.25, 0.3) is 0 Å². The first-order chi connectivity index (χ1) is 10.6. The molecule has 0 unspecified atom stereocenters. The summed E-state index contributed by atoms with van der Waals surface area (Å²) in [6, 6.07) is 7.14. The fourth-order valence-corrected chi connectivity index (χ4v) is 2.97. The average Bonchev–Trinajstić information content (AvgIpc) is 3.05. The smallest absolute Gasteiger partial charge is 0.249 e. The molecule has 1 fully saturated rings. The lowest BCUT2D eigenvalue weighted by Crippen LogP contribution is -2.48. The van der Waals surface area contributed by atoms with Crippen LogP contribution in [0, 0.1) is 5.92 Å². The van der Waals surface area contributed by atoms with Crippen LogP contribution in [-0.2, 0) is 9.59 Å². The fourth-order valence-electron chi connectivity index (χ4n) is 2.97. The molecule has 1 aromatic carbocycles. The highest BCUT2D eigenvalue weighted by Crippen LogP contribution is 2.21. The van der Waals surface area contributed by atoms with Gasteiger partial charge in [-0.05, 0) is 24.5 Å². The SMILES string of the molecule is CC(C)[C@H](C(=O)Nc1nc2ccccc2[nH]1)N1CCCC1=O. The van der Waals surface area contributed by atoms with Crippen LogP contribution < -0.4 is 5.32 Å². The van der Waals surface area contributed by atoms with Crippen molar-refractivity contribution in [2.75, 3.05) is 11.9 Å². The molecule has 3 rings (SSSR count). The van der Waals surface area contributed by atoms with Crippen molar-refractivity contribution in [2.45, 2.75) is 32.7 Å². The number of rotatable bonds is 4. The molecule has 2 heterocycles. The zero-order valence-corrected chi connectivity index (χ0v) is 12.8. The second-order valence-corrected chi connectivity index (χ2v) is 5.97. The summed E-state index contributed by atoms with van der Waals surface area (Å²) in [5, 5.41) is 2.81. The Kier molecular flexibility index (Phi) is 3.83. The van der Waals surface area contributed by atoms with Gasteiger partial charge in [0.1, 0.15) is 6.04 Å². The third kappa shape index (κ3) is 2.68. The second kappa shape index (κ2) is 5.79. The molecule has 1 atom stereocenters. The summed E-state index contributed by atoms with van der Waals surface area (Å²) in [7, 11) is 0. The van der Waals surface area contributed by atoms with E-state index < -0.39 is 6.04 Å². The molecule has 116 valence electrons. The standard InChI is InChI=1S/C16H20N4O2/c1-10(2)14(20-9-5-8-13(20)21)15(22)19-16-17-11-6-3-4-7-12(11)18-16/h3-4,6-7,10,14H,5,8-9H2,1-2H3,(H2,17,18,19,22)/t14-/m1/s1. The number of amides is 2. The molecule has 0 radical (unpaired) electrons. The van der Waals surface area contributed by atoms with Gasteiger partial charge < -0.3 is 9.88 Å². The molecule has 0 bridgehead atoms. The molecule has 2 amide bonds. The van der Waals surface area contributed by atoms with Crippen LogP contribution in [0.15, 0.2) is 24.3 Å². The highest BCUT2D eigenvalue weighted by molar-refractivity contribution is 5.97. The van der Waals surface area contributed by atoms with Crippen LogP contribution in [0.5, 0.6) is 0 Å². The Bertz CT molecular complexity index is 674. The van der Waals surface area contributed by atoms with Crippen LogP contribution in [0.3, 0.4) is 0 Å². The van der Waals surface area contributed by atoms with E-state index in [2.05, 4.69) is 15.3 Å². The largest absolute Gasteiger partial charge is 0.330 e. The first kappa shape index (κ1) is 14.6. The Morgan fingerprint density at radius 2 is 2.14 bits per heavy atom. The maximum absolute atomic E-state index is 12.6. The van der Waals surface area contributed by atoms with Crippen LogP contribution in [0.25, 0.3) is 11.0 Å². The highest BCUT2D eigenvalue weighted by Gasteiger charge is 2.35. The average molecular weight is 300 g/mol. The van der Waals surface area contributed by atoms with Gasteiger partial charge in [0.05, 0.1) is 11.0 Å². The maximum atomic E-state index is 12.6. The van der Waals surface area contributed by atoms with Crippen LogP contribution in [0.1, 0.15) is 26.7 Å². The molecule has 2 N–H and O–H groups in total. The number of aromatic nitrogens is 2. The Hall–Kier alpha value is -2.37. The summed E-state index contributed by atoms with van der Waals surface area (Å²) in [4.78, 5) is 33.6. The van der Waals surface area contributed by atoms with Gasteiger partial charge in [-0.25, -0.2) is 4.98 Å². The normalized spacial score (nSPS) is 16.5. The van der Waals surface area contributed by atoms with Gasteiger partial charge in [0.15, 0.2) is 0 Å². The Labute approximate surface area is 128 Å². The monoisotopic (exact) mass is 300 g/mol. The van der Waals surface area contributed by atoms with Gasteiger partial charge in [-0.1, -0.05) is 26.0 Å². The number of benzene rings is 1. The molecule has 1 saturated heterocycles.